The maximum Gasteiger partial charge on any atom is 0.238 e. The molecular formula is C33H26N2O4. The van der Waals surface area contributed by atoms with Crippen LogP contribution in [0.3, 0.4) is 0 Å². The summed E-state index contributed by atoms with van der Waals surface area (Å²) in [6.07, 6.45) is 4.06. The standard InChI is InChI=1S/C33H26N2O4/c1-19(36)30-29(31(37)21-11-14-22(39-2)15-12-21)33(25-9-5-6-10-26(25)34-32(33)38)28-18-16-24-23-8-4-3-7-20(23)13-17-27(24)35(28)30/h3-18,28-30H,1-2H3,(H,34,38)/t28-,29+,30+,33-/m1/s1. The van der Waals surface area contributed by atoms with Gasteiger partial charge in [0.1, 0.15) is 11.2 Å². The molecule has 1 saturated heterocycles. The monoisotopic (exact) mass is 514 g/mol. The number of para-hydroxylation sites is 1. The highest BCUT2D eigenvalue weighted by molar-refractivity contribution is 6.17. The number of nitrogens with zero attached hydrogens (tertiary/aromatic N) is 1. The molecule has 3 heterocycles. The molecule has 1 amide bonds. The molecule has 0 bridgehead atoms. The smallest absolute Gasteiger partial charge is 0.238 e. The zero-order valence-electron chi connectivity index (χ0n) is 21.5. The number of carbonyl (C=O) groups excluding carboxylic acids is 3. The maximum absolute atomic E-state index is 14.5. The number of hydrogen-bond acceptors (Lipinski definition) is 5. The Kier molecular flexibility index (Phi) is 5.04. The summed E-state index contributed by atoms with van der Waals surface area (Å²) in [5, 5.41) is 5.19. The van der Waals surface area contributed by atoms with Crippen LogP contribution >= 0.6 is 0 Å². The molecule has 6 heteroatoms. The molecule has 0 aromatic heterocycles. The minimum absolute atomic E-state index is 0.157. The van der Waals surface area contributed by atoms with Gasteiger partial charge in [0.15, 0.2) is 11.6 Å². The number of nitrogens with one attached hydrogen (secondary N) is 1. The highest BCUT2D eigenvalue weighted by Gasteiger charge is 2.69. The van der Waals surface area contributed by atoms with Crippen molar-refractivity contribution in [3.05, 3.63) is 108 Å². The van der Waals surface area contributed by atoms with E-state index in [4.69, 9.17) is 4.74 Å². The molecule has 192 valence electrons. The van der Waals surface area contributed by atoms with Gasteiger partial charge in [-0.15, -0.1) is 0 Å². The van der Waals surface area contributed by atoms with Crippen LogP contribution in [-0.2, 0) is 15.0 Å². The summed E-state index contributed by atoms with van der Waals surface area (Å²) in [5.41, 5.74) is 2.40. The average molecular weight is 515 g/mol. The van der Waals surface area contributed by atoms with Crippen LogP contribution in [0.1, 0.15) is 28.4 Å². The summed E-state index contributed by atoms with van der Waals surface area (Å²) in [5.74, 6) is -0.978. The van der Waals surface area contributed by atoms with Gasteiger partial charge in [0.25, 0.3) is 0 Å². The molecule has 6 nitrogen and oxygen atoms in total. The van der Waals surface area contributed by atoms with Crippen molar-refractivity contribution in [1.82, 2.24) is 0 Å². The highest BCUT2D eigenvalue weighted by atomic mass is 16.5. The number of Topliss-reactive ketones (excluding diaryl/α,β-unsaturated/α-hetero) is 2. The number of methoxy groups -OCH3 is 1. The predicted molar refractivity (Wildman–Crippen MR) is 151 cm³/mol. The summed E-state index contributed by atoms with van der Waals surface area (Å²) in [6.45, 7) is 1.52. The van der Waals surface area contributed by atoms with Gasteiger partial charge in [0.05, 0.1) is 25.1 Å². The Morgan fingerprint density at radius 3 is 2.44 bits per heavy atom. The Balaban J connectivity index is 1.51. The van der Waals surface area contributed by atoms with E-state index in [1.54, 1.807) is 31.4 Å². The number of fused-ring (bicyclic) bond motifs is 8. The van der Waals surface area contributed by atoms with Gasteiger partial charge in [-0.25, -0.2) is 0 Å². The second-order valence-corrected chi connectivity index (χ2v) is 10.4. The van der Waals surface area contributed by atoms with E-state index in [1.807, 2.05) is 65.6 Å². The minimum Gasteiger partial charge on any atom is -0.497 e. The van der Waals surface area contributed by atoms with Crippen molar-refractivity contribution in [2.45, 2.75) is 24.4 Å². The van der Waals surface area contributed by atoms with Crippen molar-refractivity contribution in [1.29, 1.82) is 0 Å². The molecule has 3 aliphatic heterocycles. The maximum atomic E-state index is 14.5. The first kappa shape index (κ1) is 23.4. The summed E-state index contributed by atoms with van der Waals surface area (Å²) < 4.78 is 5.30. The molecule has 3 aliphatic rings. The van der Waals surface area contributed by atoms with Crippen molar-refractivity contribution >= 4 is 45.7 Å². The van der Waals surface area contributed by atoms with Crippen LogP contribution in [0.5, 0.6) is 5.75 Å². The van der Waals surface area contributed by atoms with Gasteiger partial charge in [-0.3, -0.25) is 14.4 Å². The van der Waals surface area contributed by atoms with E-state index in [0.717, 1.165) is 27.6 Å². The van der Waals surface area contributed by atoms with Gasteiger partial charge in [-0.05, 0) is 59.7 Å². The third kappa shape index (κ3) is 3.05. The van der Waals surface area contributed by atoms with Crippen LogP contribution in [0.25, 0.3) is 16.8 Å². The van der Waals surface area contributed by atoms with E-state index in [0.29, 0.717) is 17.0 Å². The van der Waals surface area contributed by atoms with Crippen LogP contribution in [-0.4, -0.2) is 36.7 Å². The van der Waals surface area contributed by atoms with Crippen molar-refractivity contribution < 1.29 is 19.1 Å². The number of benzene rings is 4. The minimum atomic E-state index is -1.29. The van der Waals surface area contributed by atoms with E-state index in [-0.39, 0.29) is 17.5 Å². The number of ether oxygens (including phenoxy) is 1. The first-order valence-electron chi connectivity index (χ1n) is 13.0. The van der Waals surface area contributed by atoms with Crippen molar-refractivity contribution in [2.75, 3.05) is 17.3 Å². The number of rotatable bonds is 4. The van der Waals surface area contributed by atoms with E-state index >= 15 is 0 Å². The van der Waals surface area contributed by atoms with Crippen LogP contribution < -0.4 is 15.0 Å². The van der Waals surface area contributed by atoms with E-state index in [9.17, 15) is 14.4 Å². The molecule has 1 spiro atoms. The van der Waals surface area contributed by atoms with Gasteiger partial charge in [0.2, 0.25) is 5.91 Å². The topological polar surface area (TPSA) is 75.7 Å². The van der Waals surface area contributed by atoms with Crippen molar-refractivity contribution in [3.63, 3.8) is 0 Å². The molecule has 0 aliphatic carbocycles. The molecule has 0 saturated carbocycles. The third-order valence-electron chi connectivity index (χ3n) is 8.61. The average Bonchev–Trinajstić information content (AvgIpc) is 3.45. The lowest BCUT2D eigenvalue weighted by Crippen LogP contribution is -2.51. The predicted octanol–water partition coefficient (Wildman–Crippen LogP) is 5.41. The fourth-order valence-electron chi connectivity index (χ4n) is 7.02. The van der Waals surface area contributed by atoms with E-state index in [1.165, 1.54) is 6.92 Å². The first-order valence-corrected chi connectivity index (χ1v) is 13.0. The number of ketones is 2. The Hall–Kier alpha value is -4.71. The highest BCUT2D eigenvalue weighted by Crippen LogP contribution is 2.58. The fourth-order valence-corrected chi connectivity index (χ4v) is 7.02. The molecule has 0 radical (unpaired) electrons. The van der Waals surface area contributed by atoms with Gasteiger partial charge in [-0.1, -0.05) is 60.7 Å². The molecule has 39 heavy (non-hydrogen) atoms. The Labute approximate surface area is 225 Å². The van der Waals surface area contributed by atoms with Crippen molar-refractivity contribution in [3.8, 4) is 5.75 Å². The molecule has 4 aromatic rings. The van der Waals surface area contributed by atoms with Gasteiger partial charge < -0.3 is 15.0 Å². The second kappa shape index (κ2) is 8.40. The Bertz CT molecular complexity index is 1720. The molecule has 4 aromatic carbocycles. The van der Waals surface area contributed by atoms with Gasteiger partial charge in [0, 0.05) is 22.5 Å². The largest absolute Gasteiger partial charge is 0.497 e. The van der Waals surface area contributed by atoms with Crippen LogP contribution in [0.4, 0.5) is 11.4 Å². The lowest BCUT2D eigenvalue weighted by Gasteiger charge is -2.38. The summed E-state index contributed by atoms with van der Waals surface area (Å²) >= 11 is 0. The van der Waals surface area contributed by atoms with Gasteiger partial charge in [-0.2, -0.15) is 0 Å². The van der Waals surface area contributed by atoms with E-state index in [2.05, 4.69) is 17.4 Å². The molecule has 0 unspecified atom stereocenters. The summed E-state index contributed by atoms with van der Waals surface area (Å²) in [7, 11) is 1.57. The van der Waals surface area contributed by atoms with Crippen LogP contribution in [0, 0.1) is 5.92 Å². The molecule has 7 rings (SSSR count). The number of anilines is 2. The van der Waals surface area contributed by atoms with Crippen molar-refractivity contribution in [2.24, 2.45) is 5.92 Å². The zero-order valence-corrected chi connectivity index (χ0v) is 21.5. The summed E-state index contributed by atoms with van der Waals surface area (Å²) in [6, 6.07) is 25.2. The zero-order chi connectivity index (χ0) is 26.9. The summed E-state index contributed by atoms with van der Waals surface area (Å²) in [4.78, 5) is 44.4. The number of carbonyl (C=O) groups is 3. The molecule has 1 N–H and O–H groups in total. The molecule has 1 fully saturated rings. The normalized spacial score (nSPS) is 24.3. The van der Waals surface area contributed by atoms with Crippen LogP contribution in [0.2, 0.25) is 0 Å². The van der Waals surface area contributed by atoms with Crippen LogP contribution in [0.15, 0.2) is 91.0 Å². The third-order valence-corrected chi connectivity index (χ3v) is 8.61. The molecular weight excluding hydrogens is 488 g/mol. The fraction of sp³-hybridized carbons (Fsp3) is 0.182. The Morgan fingerprint density at radius 2 is 1.67 bits per heavy atom. The lowest BCUT2D eigenvalue weighted by molar-refractivity contribution is -0.122. The lowest BCUT2D eigenvalue weighted by atomic mass is 9.64. The van der Waals surface area contributed by atoms with E-state index < -0.39 is 23.4 Å². The quantitative estimate of drug-likeness (QED) is 0.369. The second-order valence-electron chi connectivity index (χ2n) is 10.4. The SMILES string of the molecule is COc1ccc(C(=O)[C@@H]2[C@H](C(C)=O)N3c4ccc5ccccc5c4C=C[C@@H]3[C@@]23C(=O)Nc2ccccc23)cc1. The molecule has 4 atom stereocenters. The Morgan fingerprint density at radius 1 is 0.923 bits per heavy atom. The first-order chi connectivity index (χ1) is 19.0. The number of hydrogen-bond donors (Lipinski definition) is 1. The van der Waals surface area contributed by atoms with Gasteiger partial charge >= 0.3 is 0 Å². The number of amides is 1.